The number of rotatable bonds is 7. The largest absolute Gasteiger partial charge is 0.351 e. The minimum Gasteiger partial charge on any atom is -0.351 e. The molecule has 11 nitrogen and oxygen atoms in total. The van der Waals surface area contributed by atoms with Gasteiger partial charge in [-0.25, -0.2) is 23.4 Å². The lowest BCUT2D eigenvalue weighted by atomic mass is 9.91. The first-order chi connectivity index (χ1) is 17.0. The molecule has 4 aromatic heterocycles. The van der Waals surface area contributed by atoms with E-state index in [0.717, 1.165) is 28.0 Å². The van der Waals surface area contributed by atoms with Crippen molar-refractivity contribution >= 4 is 38.2 Å². The minimum atomic E-state index is -3.02. The highest BCUT2D eigenvalue weighted by Crippen LogP contribution is 2.37. The number of hydrogen-bond donors (Lipinski definition) is 1. The third-order valence-corrected chi connectivity index (χ3v) is 7.66. The van der Waals surface area contributed by atoms with Crippen LogP contribution >= 0.6 is 0 Å². The number of aryl methyl sites for hydroxylation is 2. The van der Waals surface area contributed by atoms with Crippen LogP contribution in [-0.4, -0.2) is 67.5 Å². The van der Waals surface area contributed by atoms with Crippen LogP contribution in [0.4, 0.5) is 17.5 Å². The number of hydrogen-bond acceptors (Lipinski definition) is 9. The average molecular weight is 510 g/mol. The van der Waals surface area contributed by atoms with Crippen LogP contribution < -0.4 is 10.2 Å². The topological polar surface area (TPSA) is 124 Å². The zero-order valence-corrected chi connectivity index (χ0v) is 22.2. The van der Waals surface area contributed by atoms with Crippen molar-refractivity contribution in [2.45, 2.75) is 39.8 Å². The maximum absolute atomic E-state index is 11.8. The van der Waals surface area contributed by atoms with E-state index in [1.807, 2.05) is 37.1 Å². The van der Waals surface area contributed by atoms with Gasteiger partial charge in [-0.3, -0.25) is 9.36 Å². The van der Waals surface area contributed by atoms with Gasteiger partial charge >= 0.3 is 0 Å². The highest BCUT2D eigenvalue weighted by atomic mass is 32.2. The fourth-order valence-electron chi connectivity index (χ4n) is 4.75. The second kappa shape index (κ2) is 8.84. The van der Waals surface area contributed by atoms with Gasteiger partial charge in [0, 0.05) is 62.5 Å². The predicted octanol–water partition coefficient (Wildman–Crippen LogP) is 3.12. The van der Waals surface area contributed by atoms with E-state index in [1.165, 1.54) is 6.26 Å². The smallest absolute Gasteiger partial charge is 0.164 e. The first-order valence-electron chi connectivity index (χ1n) is 11.9. The third kappa shape index (κ3) is 4.52. The van der Waals surface area contributed by atoms with Crippen molar-refractivity contribution in [1.29, 1.82) is 0 Å². The van der Waals surface area contributed by atoms with Gasteiger partial charge in [0.05, 0.1) is 27.9 Å². The van der Waals surface area contributed by atoms with Crippen LogP contribution in [0.1, 0.15) is 32.5 Å². The summed E-state index contributed by atoms with van der Waals surface area (Å²) in [5, 5.41) is 13.5. The number of nitrogens with one attached hydrogen (secondary N) is 1. The molecule has 0 spiro atoms. The standard InChI is InChI=1S/C24H31N9O2S/c1-14(2)33-20-9-22(27-21-7-8-25-23(28-21)19-12-31(5)29-15(19)3)26-10-18(20)24(30-33)32-11-17(16(32)4)13-36(6,34)35/h7-10,12,14,16-17H,11,13H2,1-6H3,(H,25,26,27,28)/t16-,17-/m1/s1. The summed E-state index contributed by atoms with van der Waals surface area (Å²) in [5.74, 6) is 3.01. The minimum absolute atomic E-state index is 0.0895. The number of pyridine rings is 1. The highest BCUT2D eigenvalue weighted by molar-refractivity contribution is 7.90. The number of nitrogens with zero attached hydrogens (tertiary/aromatic N) is 8. The van der Waals surface area contributed by atoms with E-state index < -0.39 is 9.84 Å². The Hall–Kier alpha value is -3.54. The number of anilines is 3. The van der Waals surface area contributed by atoms with Crippen LogP contribution in [0, 0.1) is 12.8 Å². The molecule has 0 aromatic carbocycles. The second-order valence-corrected chi connectivity index (χ2v) is 12.1. The third-order valence-electron chi connectivity index (χ3n) is 6.62. The molecule has 5 heterocycles. The summed E-state index contributed by atoms with van der Waals surface area (Å²) in [6.45, 7) is 8.82. The summed E-state index contributed by atoms with van der Waals surface area (Å²) in [6, 6.07) is 4.00. The van der Waals surface area contributed by atoms with Crippen molar-refractivity contribution in [2.24, 2.45) is 13.0 Å². The van der Waals surface area contributed by atoms with Gasteiger partial charge < -0.3 is 10.2 Å². The van der Waals surface area contributed by atoms with Gasteiger partial charge in [-0.2, -0.15) is 10.2 Å². The van der Waals surface area contributed by atoms with Gasteiger partial charge in [0.15, 0.2) is 11.6 Å². The van der Waals surface area contributed by atoms with Crippen molar-refractivity contribution < 1.29 is 8.42 Å². The summed E-state index contributed by atoms with van der Waals surface area (Å²) < 4.78 is 27.3. The molecule has 0 radical (unpaired) electrons. The first-order valence-corrected chi connectivity index (χ1v) is 14.0. The van der Waals surface area contributed by atoms with Crippen molar-refractivity contribution in [2.75, 3.05) is 28.8 Å². The molecule has 0 bridgehead atoms. The Morgan fingerprint density at radius 2 is 1.97 bits per heavy atom. The monoisotopic (exact) mass is 509 g/mol. The number of fused-ring (bicyclic) bond motifs is 1. The fourth-order valence-corrected chi connectivity index (χ4v) is 5.91. The Kier molecular flexibility index (Phi) is 5.93. The molecule has 1 fully saturated rings. The molecular formula is C24H31N9O2S. The van der Waals surface area contributed by atoms with Crippen molar-refractivity contribution in [3.63, 3.8) is 0 Å². The maximum atomic E-state index is 11.8. The van der Waals surface area contributed by atoms with E-state index in [1.54, 1.807) is 16.9 Å². The molecule has 1 aliphatic rings. The van der Waals surface area contributed by atoms with Crippen molar-refractivity contribution in [3.8, 4) is 11.4 Å². The Labute approximate surface area is 210 Å². The van der Waals surface area contributed by atoms with Gasteiger partial charge in [0.1, 0.15) is 21.5 Å². The zero-order valence-electron chi connectivity index (χ0n) is 21.3. The Bertz CT molecular complexity index is 1540. The van der Waals surface area contributed by atoms with Gasteiger partial charge in [0.25, 0.3) is 0 Å². The van der Waals surface area contributed by atoms with Crippen molar-refractivity contribution in [3.05, 3.63) is 36.4 Å². The van der Waals surface area contributed by atoms with Crippen LogP contribution in [0.5, 0.6) is 0 Å². The van der Waals surface area contributed by atoms with Gasteiger partial charge in [-0.15, -0.1) is 0 Å². The quantitative estimate of drug-likeness (QED) is 0.400. The first kappa shape index (κ1) is 24.2. The van der Waals surface area contributed by atoms with E-state index in [4.69, 9.17) is 5.10 Å². The van der Waals surface area contributed by atoms with Crippen LogP contribution in [0.2, 0.25) is 0 Å². The molecule has 12 heteroatoms. The lowest BCUT2D eigenvalue weighted by Crippen LogP contribution is -2.57. The molecule has 2 atom stereocenters. The molecule has 0 amide bonds. The van der Waals surface area contributed by atoms with E-state index in [0.29, 0.717) is 24.0 Å². The number of aromatic nitrogens is 7. The molecule has 1 N–H and O–H groups in total. The molecule has 1 saturated heterocycles. The Morgan fingerprint density at radius 1 is 1.19 bits per heavy atom. The number of sulfone groups is 1. The molecule has 190 valence electrons. The van der Waals surface area contributed by atoms with Crippen LogP contribution in [0.3, 0.4) is 0 Å². The van der Waals surface area contributed by atoms with E-state index in [2.05, 4.69) is 51.0 Å². The summed E-state index contributed by atoms with van der Waals surface area (Å²) in [4.78, 5) is 15.9. The molecule has 1 aliphatic heterocycles. The molecule has 0 saturated carbocycles. The maximum Gasteiger partial charge on any atom is 0.164 e. The van der Waals surface area contributed by atoms with Gasteiger partial charge in [-0.05, 0) is 33.8 Å². The highest BCUT2D eigenvalue weighted by Gasteiger charge is 2.39. The van der Waals surface area contributed by atoms with Crippen LogP contribution in [0.25, 0.3) is 22.3 Å². The SMILES string of the molecule is Cc1nn(C)cc1-c1nccc(Nc2cc3c(cn2)c(N2C[C@H](CS(C)(=O)=O)[C@H]2C)nn3C(C)C)n1. The Balaban J connectivity index is 1.44. The predicted molar refractivity (Wildman–Crippen MR) is 140 cm³/mol. The summed E-state index contributed by atoms with van der Waals surface area (Å²) in [7, 11) is -1.15. The summed E-state index contributed by atoms with van der Waals surface area (Å²) in [6.07, 6.45) is 6.73. The van der Waals surface area contributed by atoms with E-state index in [9.17, 15) is 8.42 Å². The van der Waals surface area contributed by atoms with E-state index in [-0.39, 0.29) is 23.8 Å². The van der Waals surface area contributed by atoms with Crippen molar-refractivity contribution in [1.82, 2.24) is 34.5 Å². The molecule has 4 aromatic rings. The van der Waals surface area contributed by atoms with Gasteiger partial charge in [-0.1, -0.05) is 0 Å². The van der Waals surface area contributed by atoms with Gasteiger partial charge in [0.2, 0.25) is 0 Å². The Morgan fingerprint density at radius 3 is 2.61 bits per heavy atom. The molecule has 5 rings (SSSR count). The molecule has 0 unspecified atom stereocenters. The van der Waals surface area contributed by atoms with E-state index >= 15 is 0 Å². The molecule has 0 aliphatic carbocycles. The fraction of sp³-hybridized carbons (Fsp3) is 0.458. The average Bonchev–Trinajstić information content (AvgIpc) is 3.34. The normalized spacial score (nSPS) is 18.1. The van der Waals surface area contributed by atoms with Crippen LogP contribution in [0.15, 0.2) is 30.7 Å². The molecule has 36 heavy (non-hydrogen) atoms. The lowest BCUT2D eigenvalue weighted by molar-refractivity contribution is 0.337. The summed E-state index contributed by atoms with van der Waals surface area (Å²) in [5.41, 5.74) is 2.69. The van der Waals surface area contributed by atoms with Crippen LogP contribution in [-0.2, 0) is 16.9 Å². The second-order valence-electron chi connectivity index (χ2n) is 9.89. The molecular weight excluding hydrogens is 478 g/mol. The summed E-state index contributed by atoms with van der Waals surface area (Å²) >= 11 is 0. The zero-order chi connectivity index (χ0) is 25.8. The lowest BCUT2D eigenvalue weighted by Gasteiger charge is -2.46.